The van der Waals surface area contributed by atoms with Crippen molar-refractivity contribution in [2.24, 2.45) is 0 Å². The number of esters is 1. The summed E-state index contributed by atoms with van der Waals surface area (Å²) in [5, 5.41) is 0. The van der Waals surface area contributed by atoms with Crippen molar-refractivity contribution in [2.75, 3.05) is 18.6 Å². The van der Waals surface area contributed by atoms with Gasteiger partial charge in [-0.05, 0) is 31.4 Å². The number of anilines is 2. The lowest BCUT2D eigenvalue weighted by atomic mass is 10.00. The van der Waals surface area contributed by atoms with Gasteiger partial charge in [-0.2, -0.15) is 0 Å². The largest absolute Gasteiger partial charge is 0.464 e. The van der Waals surface area contributed by atoms with Crippen LogP contribution in [-0.2, 0) is 11.2 Å². The van der Waals surface area contributed by atoms with Crippen LogP contribution in [-0.4, -0.2) is 29.6 Å². The number of rotatable bonds is 2. The zero-order valence-corrected chi connectivity index (χ0v) is 12.2. The number of fused-ring (bicyclic) bond motifs is 1. The molecule has 0 N–H and O–H groups in total. The van der Waals surface area contributed by atoms with E-state index < -0.39 is 5.97 Å². The Morgan fingerprint density at radius 1 is 1.33 bits per heavy atom. The fraction of sp³-hybridized carbons (Fsp3) is 0.312. The second-order valence-electron chi connectivity index (χ2n) is 5.14. The van der Waals surface area contributed by atoms with E-state index in [1.165, 1.54) is 24.4 Å². The van der Waals surface area contributed by atoms with Crippen molar-refractivity contribution in [3.05, 3.63) is 47.4 Å². The third-order valence-corrected chi connectivity index (χ3v) is 3.65. The zero-order chi connectivity index (χ0) is 14.8. The molecule has 1 aliphatic heterocycles. The number of carbonyl (C=O) groups is 1. The first-order valence-electron chi connectivity index (χ1n) is 6.96. The van der Waals surface area contributed by atoms with Crippen molar-refractivity contribution in [3.63, 3.8) is 0 Å². The molecule has 0 unspecified atom stereocenters. The van der Waals surface area contributed by atoms with E-state index >= 15 is 0 Å². The van der Waals surface area contributed by atoms with E-state index in [0.717, 1.165) is 25.1 Å². The number of methoxy groups -OCH3 is 1. The molecule has 108 valence electrons. The van der Waals surface area contributed by atoms with Crippen molar-refractivity contribution < 1.29 is 9.53 Å². The number of carbonyl (C=O) groups excluding carboxylic acids is 1. The number of ether oxygens (including phenoxy) is 1. The predicted octanol–water partition coefficient (Wildman–Crippen LogP) is 2.66. The van der Waals surface area contributed by atoms with Crippen LogP contribution < -0.4 is 4.90 Å². The van der Waals surface area contributed by atoms with Gasteiger partial charge in [0.15, 0.2) is 11.5 Å². The van der Waals surface area contributed by atoms with Crippen LogP contribution in [0.2, 0.25) is 0 Å². The van der Waals surface area contributed by atoms with Crippen molar-refractivity contribution >= 4 is 17.5 Å². The van der Waals surface area contributed by atoms with E-state index in [1.807, 2.05) is 0 Å². The minimum Gasteiger partial charge on any atom is -0.464 e. The monoisotopic (exact) mass is 283 g/mol. The van der Waals surface area contributed by atoms with Crippen LogP contribution in [0.4, 0.5) is 11.5 Å². The van der Waals surface area contributed by atoms with Gasteiger partial charge in [-0.3, -0.25) is 4.98 Å². The van der Waals surface area contributed by atoms with Crippen molar-refractivity contribution in [1.82, 2.24) is 9.97 Å². The fourth-order valence-electron chi connectivity index (χ4n) is 2.65. The Hall–Kier alpha value is -2.43. The summed E-state index contributed by atoms with van der Waals surface area (Å²) in [5.41, 5.74) is 3.94. The minimum atomic E-state index is -0.467. The molecule has 0 saturated heterocycles. The summed E-state index contributed by atoms with van der Waals surface area (Å²) in [6, 6.07) is 6.41. The Morgan fingerprint density at radius 3 is 3.00 bits per heavy atom. The van der Waals surface area contributed by atoms with Crippen LogP contribution in [0.3, 0.4) is 0 Å². The molecule has 0 aliphatic carbocycles. The van der Waals surface area contributed by atoms with E-state index in [9.17, 15) is 4.79 Å². The molecule has 1 aliphatic rings. The zero-order valence-electron chi connectivity index (χ0n) is 12.2. The minimum absolute atomic E-state index is 0.231. The normalized spacial score (nSPS) is 13.7. The van der Waals surface area contributed by atoms with Gasteiger partial charge >= 0.3 is 5.97 Å². The first-order chi connectivity index (χ1) is 10.2. The first kappa shape index (κ1) is 13.5. The van der Waals surface area contributed by atoms with Crippen molar-refractivity contribution in [3.8, 4) is 0 Å². The Balaban J connectivity index is 2.01. The fourth-order valence-corrected chi connectivity index (χ4v) is 2.65. The SMILES string of the molecule is COC(=O)c1cncc(N2CCCc3cc(C)ccc32)n1. The second kappa shape index (κ2) is 5.52. The van der Waals surface area contributed by atoms with Crippen LogP contribution in [0.1, 0.15) is 28.0 Å². The molecule has 0 radical (unpaired) electrons. The third-order valence-electron chi connectivity index (χ3n) is 3.65. The average molecular weight is 283 g/mol. The highest BCUT2D eigenvalue weighted by Crippen LogP contribution is 2.32. The summed E-state index contributed by atoms with van der Waals surface area (Å²) >= 11 is 0. The summed E-state index contributed by atoms with van der Waals surface area (Å²) in [4.78, 5) is 22.2. The summed E-state index contributed by atoms with van der Waals surface area (Å²) in [6.45, 7) is 2.96. The maximum Gasteiger partial charge on any atom is 0.358 e. The summed E-state index contributed by atoms with van der Waals surface area (Å²) < 4.78 is 4.70. The maximum absolute atomic E-state index is 11.6. The molecule has 1 aromatic heterocycles. The van der Waals surface area contributed by atoms with E-state index in [1.54, 1.807) is 6.20 Å². The molecule has 0 saturated carbocycles. The lowest BCUT2D eigenvalue weighted by Crippen LogP contribution is -2.26. The molecule has 2 heterocycles. The van der Waals surface area contributed by atoms with Gasteiger partial charge in [-0.15, -0.1) is 0 Å². The van der Waals surface area contributed by atoms with E-state index in [-0.39, 0.29) is 5.69 Å². The average Bonchev–Trinajstić information content (AvgIpc) is 2.53. The molecule has 1 aromatic carbocycles. The summed E-state index contributed by atoms with van der Waals surface area (Å²) in [6.07, 6.45) is 5.23. The highest BCUT2D eigenvalue weighted by atomic mass is 16.5. The van der Waals surface area contributed by atoms with Crippen LogP contribution in [0.25, 0.3) is 0 Å². The predicted molar refractivity (Wildman–Crippen MR) is 79.9 cm³/mol. The Morgan fingerprint density at radius 2 is 2.19 bits per heavy atom. The van der Waals surface area contributed by atoms with E-state index in [0.29, 0.717) is 5.82 Å². The standard InChI is InChI=1S/C16H17N3O2/c1-11-5-6-14-12(8-11)4-3-7-19(14)15-10-17-9-13(18-15)16(20)21-2/h5-6,8-10H,3-4,7H2,1-2H3. The Kier molecular flexibility index (Phi) is 3.56. The van der Waals surface area contributed by atoms with Gasteiger partial charge in [0, 0.05) is 12.2 Å². The second-order valence-corrected chi connectivity index (χ2v) is 5.14. The van der Waals surface area contributed by atoms with Crippen LogP contribution in [0.5, 0.6) is 0 Å². The first-order valence-corrected chi connectivity index (χ1v) is 6.96. The maximum atomic E-state index is 11.6. The molecule has 0 fully saturated rings. The highest BCUT2D eigenvalue weighted by molar-refractivity contribution is 5.87. The van der Waals surface area contributed by atoms with Gasteiger partial charge in [0.05, 0.1) is 19.5 Å². The molecule has 5 heteroatoms. The van der Waals surface area contributed by atoms with Crippen molar-refractivity contribution in [1.29, 1.82) is 0 Å². The van der Waals surface area contributed by atoms with Gasteiger partial charge in [0.1, 0.15) is 0 Å². The smallest absolute Gasteiger partial charge is 0.358 e. The van der Waals surface area contributed by atoms with Gasteiger partial charge in [-0.1, -0.05) is 17.7 Å². The van der Waals surface area contributed by atoms with Crippen LogP contribution >= 0.6 is 0 Å². The molecule has 0 spiro atoms. The molecule has 5 nitrogen and oxygen atoms in total. The Bertz CT molecular complexity index is 685. The summed E-state index contributed by atoms with van der Waals surface area (Å²) in [7, 11) is 1.34. The molecular formula is C16H17N3O2. The molecule has 2 aromatic rings. The lowest BCUT2D eigenvalue weighted by Gasteiger charge is -2.30. The number of nitrogens with zero attached hydrogens (tertiary/aromatic N) is 3. The van der Waals surface area contributed by atoms with E-state index in [4.69, 9.17) is 4.74 Å². The number of aromatic nitrogens is 2. The third kappa shape index (κ3) is 2.59. The molecule has 3 rings (SSSR count). The number of aryl methyl sites for hydroxylation is 2. The number of hydrogen-bond acceptors (Lipinski definition) is 5. The summed E-state index contributed by atoms with van der Waals surface area (Å²) in [5.74, 6) is 0.216. The van der Waals surface area contributed by atoms with Gasteiger partial charge in [0.2, 0.25) is 0 Å². The van der Waals surface area contributed by atoms with Gasteiger partial charge in [-0.25, -0.2) is 9.78 Å². The molecule has 21 heavy (non-hydrogen) atoms. The van der Waals surface area contributed by atoms with Crippen LogP contribution in [0.15, 0.2) is 30.6 Å². The van der Waals surface area contributed by atoms with Crippen molar-refractivity contribution in [2.45, 2.75) is 19.8 Å². The van der Waals surface area contributed by atoms with Gasteiger partial charge in [0.25, 0.3) is 0 Å². The van der Waals surface area contributed by atoms with E-state index in [2.05, 4.69) is 40.0 Å². The quantitative estimate of drug-likeness (QED) is 0.793. The van der Waals surface area contributed by atoms with Gasteiger partial charge < -0.3 is 9.64 Å². The number of benzene rings is 1. The highest BCUT2D eigenvalue weighted by Gasteiger charge is 2.20. The Labute approximate surface area is 123 Å². The molecular weight excluding hydrogens is 266 g/mol. The molecule has 0 bridgehead atoms. The number of hydrogen-bond donors (Lipinski definition) is 0. The topological polar surface area (TPSA) is 55.3 Å². The lowest BCUT2D eigenvalue weighted by molar-refractivity contribution is 0.0593. The molecule has 0 atom stereocenters. The molecule has 0 amide bonds. The van der Waals surface area contributed by atoms with Crippen LogP contribution in [0, 0.1) is 6.92 Å².